The number of rotatable bonds is 10. The lowest BCUT2D eigenvalue weighted by atomic mass is 10.1. The number of hydrogen-bond acceptors (Lipinski definition) is 4. The fraction of sp³-hybridized carbons (Fsp3) is 0.355. The van der Waals surface area contributed by atoms with E-state index >= 15 is 0 Å². The normalized spacial score (nSPS) is 12.5. The lowest BCUT2D eigenvalue weighted by Crippen LogP contribution is -2.55. The molecule has 2 amide bonds. The fourth-order valence-electron chi connectivity index (χ4n) is 4.39. The smallest absolute Gasteiger partial charge is 0.264 e. The summed E-state index contributed by atoms with van der Waals surface area (Å²) >= 11 is 0. The van der Waals surface area contributed by atoms with Gasteiger partial charge in [-0.1, -0.05) is 67.6 Å². The molecule has 7 nitrogen and oxygen atoms in total. The summed E-state index contributed by atoms with van der Waals surface area (Å²) in [6, 6.07) is 22.1. The zero-order valence-corrected chi connectivity index (χ0v) is 24.5. The summed E-state index contributed by atoms with van der Waals surface area (Å²) < 4.78 is 29.1. The molecule has 39 heavy (non-hydrogen) atoms. The van der Waals surface area contributed by atoms with E-state index in [-0.39, 0.29) is 17.3 Å². The van der Waals surface area contributed by atoms with E-state index in [1.165, 1.54) is 21.3 Å². The Labute approximate surface area is 232 Å². The Balaban J connectivity index is 2.09. The van der Waals surface area contributed by atoms with Gasteiger partial charge >= 0.3 is 0 Å². The molecule has 0 spiro atoms. The number of carbonyl (C=O) groups excluding carboxylic acids is 2. The van der Waals surface area contributed by atoms with Gasteiger partial charge in [-0.15, -0.1) is 0 Å². The maximum absolute atomic E-state index is 14.1. The summed E-state index contributed by atoms with van der Waals surface area (Å²) in [6.07, 6.45) is 0.370. The molecule has 0 aromatic heterocycles. The van der Waals surface area contributed by atoms with E-state index in [0.29, 0.717) is 12.1 Å². The molecule has 3 rings (SSSR count). The highest BCUT2D eigenvalue weighted by Crippen LogP contribution is 2.29. The van der Waals surface area contributed by atoms with E-state index in [4.69, 9.17) is 0 Å². The van der Waals surface area contributed by atoms with Gasteiger partial charge < -0.3 is 10.2 Å². The molecule has 0 radical (unpaired) electrons. The van der Waals surface area contributed by atoms with Crippen LogP contribution in [0, 0.1) is 13.8 Å². The standard InChI is InChI=1S/C31H39N3O4S/c1-7-27(30(36)32-31(4,5)6)33(21-25-16-10-8-11-17-25)29(35)22-34(28-20-14-15-23(2)24(28)3)39(37,38)26-18-12-9-13-19-26/h8-20,27H,7,21-22H2,1-6H3,(H,32,36). The van der Waals surface area contributed by atoms with Crippen molar-refractivity contribution in [1.29, 1.82) is 0 Å². The minimum atomic E-state index is -4.09. The molecule has 0 heterocycles. The molecule has 0 saturated carbocycles. The first-order valence-electron chi connectivity index (χ1n) is 13.1. The molecular formula is C31H39N3O4S. The van der Waals surface area contributed by atoms with Gasteiger partial charge in [0.15, 0.2) is 0 Å². The molecule has 1 N–H and O–H groups in total. The summed E-state index contributed by atoms with van der Waals surface area (Å²) in [6.45, 7) is 11.0. The quantitative estimate of drug-likeness (QED) is 0.376. The van der Waals surface area contributed by atoms with Crippen LogP contribution >= 0.6 is 0 Å². The van der Waals surface area contributed by atoms with Crippen LogP contribution in [0.2, 0.25) is 0 Å². The number of carbonyl (C=O) groups is 2. The molecule has 1 unspecified atom stereocenters. The van der Waals surface area contributed by atoms with Crippen LogP contribution in [0.4, 0.5) is 5.69 Å². The van der Waals surface area contributed by atoms with Gasteiger partial charge in [0, 0.05) is 12.1 Å². The maximum atomic E-state index is 14.1. The Morgan fingerprint density at radius 3 is 2.03 bits per heavy atom. The van der Waals surface area contributed by atoms with Crippen LogP contribution < -0.4 is 9.62 Å². The van der Waals surface area contributed by atoms with E-state index in [0.717, 1.165) is 16.7 Å². The topological polar surface area (TPSA) is 86.8 Å². The first kappa shape index (κ1) is 29.9. The van der Waals surface area contributed by atoms with Crippen molar-refractivity contribution in [3.8, 4) is 0 Å². The molecule has 0 saturated heterocycles. The molecule has 3 aromatic carbocycles. The zero-order valence-electron chi connectivity index (χ0n) is 23.6. The second kappa shape index (κ2) is 12.5. The highest BCUT2D eigenvalue weighted by molar-refractivity contribution is 7.92. The van der Waals surface area contributed by atoms with Gasteiger partial charge in [-0.25, -0.2) is 8.42 Å². The van der Waals surface area contributed by atoms with Crippen molar-refractivity contribution in [3.05, 3.63) is 95.6 Å². The lowest BCUT2D eigenvalue weighted by molar-refractivity contribution is -0.141. The Hall–Kier alpha value is -3.65. The molecule has 1 atom stereocenters. The van der Waals surface area contributed by atoms with Gasteiger partial charge in [0.1, 0.15) is 12.6 Å². The van der Waals surface area contributed by atoms with Gasteiger partial charge in [-0.2, -0.15) is 0 Å². The maximum Gasteiger partial charge on any atom is 0.264 e. The van der Waals surface area contributed by atoms with Crippen LogP contribution in [-0.4, -0.2) is 43.3 Å². The van der Waals surface area contributed by atoms with E-state index in [9.17, 15) is 18.0 Å². The average molecular weight is 550 g/mol. The van der Waals surface area contributed by atoms with Crippen LogP contribution in [0.25, 0.3) is 0 Å². The van der Waals surface area contributed by atoms with Crippen LogP contribution in [0.3, 0.4) is 0 Å². The van der Waals surface area contributed by atoms with Crippen molar-refractivity contribution in [1.82, 2.24) is 10.2 Å². The number of hydrogen-bond donors (Lipinski definition) is 1. The van der Waals surface area contributed by atoms with E-state index in [1.807, 2.05) is 77.9 Å². The average Bonchev–Trinajstić information content (AvgIpc) is 2.89. The van der Waals surface area contributed by atoms with Crippen molar-refractivity contribution >= 4 is 27.5 Å². The Bertz CT molecular complexity index is 1380. The van der Waals surface area contributed by atoms with Crippen molar-refractivity contribution in [3.63, 3.8) is 0 Å². The highest BCUT2D eigenvalue weighted by atomic mass is 32.2. The van der Waals surface area contributed by atoms with Gasteiger partial charge in [-0.3, -0.25) is 13.9 Å². The third kappa shape index (κ3) is 7.47. The largest absolute Gasteiger partial charge is 0.350 e. The van der Waals surface area contributed by atoms with Crippen LogP contribution in [0.5, 0.6) is 0 Å². The van der Waals surface area contributed by atoms with Crippen molar-refractivity contribution in [2.24, 2.45) is 0 Å². The molecule has 8 heteroatoms. The Morgan fingerprint density at radius 1 is 0.872 bits per heavy atom. The molecule has 0 bridgehead atoms. The molecule has 0 fully saturated rings. The minimum Gasteiger partial charge on any atom is -0.350 e. The number of nitrogens with zero attached hydrogens (tertiary/aromatic N) is 2. The first-order chi connectivity index (χ1) is 18.3. The molecule has 0 aliphatic rings. The summed E-state index contributed by atoms with van der Waals surface area (Å²) in [7, 11) is -4.09. The Kier molecular flexibility index (Phi) is 9.56. The van der Waals surface area contributed by atoms with Gasteiger partial charge in [-0.05, 0) is 75.9 Å². The summed E-state index contributed by atoms with van der Waals surface area (Å²) in [5.41, 5.74) is 2.45. The predicted molar refractivity (Wildman–Crippen MR) is 156 cm³/mol. The molecule has 3 aromatic rings. The number of amides is 2. The van der Waals surface area contributed by atoms with Crippen molar-refractivity contribution < 1.29 is 18.0 Å². The van der Waals surface area contributed by atoms with Crippen LogP contribution in [-0.2, 0) is 26.2 Å². The minimum absolute atomic E-state index is 0.0887. The molecule has 0 aliphatic heterocycles. The van der Waals surface area contributed by atoms with Gasteiger partial charge in [0.2, 0.25) is 11.8 Å². The van der Waals surface area contributed by atoms with Crippen molar-refractivity contribution in [2.45, 2.75) is 71.0 Å². The van der Waals surface area contributed by atoms with Crippen LogP contribution in [0.1, 0.15) is 50.8 Å². The predicted octanol–water partition coefficient (Wildman–Crippen LogP) is 5.22. The third-order valence-corrected chi connectivity index (χ3v) is 8.31. The van der Waals surface area contributed by atoms with Gasteiger partial charge in [0.25, 0.3) is 10.0 Å². The highest BCUT2D eigenvalue weighted by Gasteiger charge is 2.35. The molecular weight excluding hydrogens is 510 g/mol. The lowest BCUT2D eigenvalue weighted by Gasteiger charge is -2.35. The SMILES string of the molecule is CCC(C(=O)NC(C)(C)C)N(Cc1ccccc1)C(=O)CN(c1cccc(C)c1C)S(=O)(=O)c1ccccc1. The number of nitrogens with one attached hydrogen (secondary N) is 1. The van der Waals surface area contributed by atoms with Gasteiger partial charge in [0.05, 0.1) is 10.6 Å². The number of sulfonamides is 1. The van der Waals surface area contributed by atoms with E-state index in [1.54, 1.807) is 30.3 Å². The van der Waals surface area contributed by atoms with E-state index in [2.05, 4.69) is 5.32 Å². The van der Waals surface area contributed by atoms with Crippen molar-refractivity contribution in [2.75, 3.05) is 10.8 Å². The number of aryl methyl sites for hydroxylation is 1. The zero-order chi connectivity index (χ0) is 28.8. The second-order valence-electron chi connectivity index (χ2n) is 10.7. The number of anilines is 1. The molecule has 0 aliphatic carbocycles. The van der Waals surface area contributed by atoms with Crippen LogP contribution in [0.15, 0.2) is 83.8 Å². The van der Waals surface area contributed by atoms with E-state index < -0.39 is 34.1 Å². The second-order valence-corrected chi connectivity index (χ2v) is 12.6. The monoisotopic (exact) mass is 549 g/mol. The summed E-state index contributed by atoms with van der Waals surface area (Å²) in [5.74, 6) is -0.742. The molecule has 208 valence electrons. The Morgan fingerprint density at radius 2 is 1.46 bits per heavy atom. The summed E-state index contributed by atoms with van der Waals surface area (Å²) in [4.78, 5) is 29.1. The fourth-order valence-corrected chi connectivity index (χ4v) is 5.88. The number of benzene rings is 3. The first-order valence-corrected chi connectivity index (χ1v) is 14.6. The summed E-state index contributed by atoms with van der Waals surface area (Å²) in [5, 5.41) is 2.98. The third-order valence-electron chi connectivity index (χ3n) is 6.53.